The third-order valence-corrected chi connectivity index (χ3v) is 5.09. The number of ether oxygens (including phenoxy) is 2. The highest BCUT2D eigenvalue weighted by Gasteiger charge is 2.22. The van der Waals surface area contributed by atoms with Gasteiger partial charge in [0.05, 0.1) is 19.7 Å². The molecule has 8 nitrogen and oxygen atoms in total. The Bertz CT molecular complexity index is 1090. The van der Waals surface area contributed by atoms with E-state index in [1.54, 1.807) is 20.3 Å². The summed E-state index contributed by atoms with van der Waals surface area (Å²) in [5.41, 5.74) is 1.67. The molecule has 27 heavy (non-hydrogen) atoms. The fourth-order valence-electron chi connectivity index (χ4n) is 3.79. The Kier molecular flexibility index (Phi) is 4.25. The van der Waals surface area contributed by atoms with E-state index in [-0.39, 0.29) is 18.0 Å². The summed E-state index contributed by atoms with van der Waals surface area (Å²) in [5, 5.41) is 0.739. The van der Waals surface area contributed by atoms with E-state index in [0.717, 1.165) is 36.8 Å². The van der Waals surface area contributed by atoms with Crippen molar-refractivity contribution < 1.29 is 14.3 Å². The van der Waals surface area contributed by atoms with Crippen molar-refractivity contribution >= 4 is 22.5 Å². The molecule has 1 fully saturated rings. The van der Waals surface area contributed by atoms with Crippen molar-refractivity contribution in [3.8, 4) is 11.5 Å². The predicted octanol–water partition coefficient (Wildman–Crippen LogP) is 1.60. The first-order chi connectivity index (χ1) is 13.0. The Morgan fingerprint density at radius 1 is 1.11 bits per heavy atom. The van der Waals surface area contributed by atoms with Gasteiger partial charge in [-0.1, -0.05) is 0 Å². The summed E-state index contributed by atoms with van der Waals surface area (Å²) in [4.78, 5) is 30.9. The number of likely N-dealkylation sites (tertiary alicyclic amines) is 1. The van der Waals surface area contributed by atoms with Crippen LogP contribution in [-0.4, -0.2) is 52.3 Å². The number of hydrogen-bond acceptors (Lipinski definition) is 5. The number of fused-ring (bicyclic) bond motifs is 3. The minimum absolute atomic E-state index is 0.0548. The van der Waals surface area contributed by atoms with Crippen molar-refractivity contribution in [2.75, 3.05) is 27.3 Å². The minimum Gasteiger partial charge on any atom is -0.493 e. The summed E-state index contributed by atoms with van der Waals surface area (Å²) in [5.74, 6) is 1.16. The van der Waals surface area contributed by atoms with Gasteiger partial charge in [0.1, 0.15) is 6.54 Å². The highest BCUT2D eigenvalue weighted by atomic mass is 16.5. The molecule has 3 heterocycles. The summed E-state index contributed by atoms with van der Waals surface area (Å²) < 4.78 is 14.5. The Hall–Kier alpha value is -3.03. The van der Waals surface area contributed by atoms with Crippen LogP contribution in [0, 0.1) is 6.92 Å². The SMILES string of the molecule is COc1cc2c(cc1OC)n(CC(=O)N1CCCC1)n1c(C)cc(=O)nc21. The first-order valence-electron chi connectivity index (χ1n) is 8.96. The number of aromatic nitrogens is 3. The average Bonchev–Trinajstić information content (AvgIpc) is 3.28. The molecule has 0 bridgehead atoms. The van der Waals surface area contributed by atoms with Gasteiger partial charge in [0.15, 0.2) is 17.1 Å². The topological polar surface area (TPSA) is 78.1 Å². The summed E-state index contributed by atoms with van der Waals surface area (Å²) in [6.45, 7) is 3.58. The molecular weight excluding hydrogens is 348 g/mol. The van der Waals surface area contributed by atoms with E-state index in [4.69, 9.17) is 9.47 Å². The summed E-state index contributed by atoms with van der Waals surface area (Å²) in [6, 6.07) is 5.09. The molecule has 0 aliphatic carbocycles. The van der Waals surface area contributed by atoms with Crippen molar-refractivity contribution in [1.29, 1.82) is 0 Å². The quantitative estimate of drug-likeness (QED) is 0.697. The fraction of sp³-hybridized carbons (Fsp3) is 0.421. The number of nitrogens with zero attached hydrogens (tertiary/aromatic N) is 4. The second kappa shape index (κ2) is 6.61. The minimum atomic E-state index is -0.313. The number of rotatable bonds is 4. The van der Waals surface area contributed by atoms with Crippen LogP contribution in [0.4, 0.5) is 0 Å². The van der Waals surface area contributed by atoms with Crippen LogP contribution in [-0.2, 0) is 11.3 Å². The van der Waals surface area contributed by atoms with Crippen molar-refractivity contribution in [3.05, 3.63) is 34.2 Å². The molecular formula is C19H22N4O4. The van der Waals surface area contributed by atoms with E-state index >= 15 is 0 Å². The van der Waals surface area contributed by atoms with Gasteiger partial charge in [-0.3, -0.25) is 14.3 Å². The lowest BCUT2D eigenvalue weighted by Crippen LogP contribution is -2.32. The average molecular weight is 370 g/mol. The number of methoxy groups -OCH3 is 2. The molecule has 0 N–H and O–H groups in total. The zero-order valence-electron chi connectivity index (χ0n) is 15.7. The van der Waals surface area contributed by atoms with E-state index in [9.17, 15) is 9.59 Å². The molecule has 1 aliphatic rings. The second-order valence-electron chi connectivity index (χ2n) is 6.74. The van der Waals surface area contributed by atoms with Crippen LogP contribution in [0.3, 0.4) is 0 Å². The molecule has 4 rings (SSSR count). The van der Waals surface area contributed by atoms with Crippen molar-refractivity contribution in [2.45, 2.75) is 26.3 Å². The Labute approximate surface area is 155 Å². The molecule has 0 unspecified atom stereocenters. The van der Waals surface area contributed by atoms with E-state index in [1.807, 2.05) is 27.1 Å². The standard InChI is InChI=1S/C19H22N4O4/c1-12-8-17(24)20-19-13-9-15(26-2)16(27-3)10-14(13)22(23(12)19)11-18(25)21-6-4-5-7-21/h8-10H,4-7,11H2,1-3H3. The third kappa shape index (κ3) is 2.81. The summed E-state index contributed by atoms with van der Waals surface area (Å²) in [7, 11) is 3.13. The van der Waals surface area contributed by atoms with Crippen molar-refractivity contribution in [1.82, 2.24) is 19.1 Å². The molecule has 0 spiro atoms. The van der Waals surface area contributed by atoms with E-state index in [2.05, 4.69) is 4.98 Å². The van der Waals surface area contributed by atoms with Crippen LogP contribution >= 0.6 is 0 Å². The number of carbonyl (C=O) groups excluding carboxylic acids is 1. The van der Waals surface area contributed by atoms with Gasteiger partial charge in [-0.05, 0) is 25.8 Å². The van der Waals surface area contributed by atoms with Crippen LogP contribution < -0.4 is 15.0 Å². The smallest absolute Gasteiger partial charge is 0.273 e. The lowest BCUT2D eigenvalue weighted by atomic mass is 10.2. The Morgan fingerprint density at radius 3 is 2.44 bits per heavy atom. The van der Waals surface area contributed by atoms with Gasteiger partial charge < -0.3 is 14.4 Å². The molecule has 1 aliphatic heterocycles. The Balaban J connectivity index is 1.98. The highest BCUT2D eigenvalue weighted by Crippen LogP contribution is 2.34. The van der Waals surface area contributed by atoms with E-state index < -0.39 is 0 Å². The molecule has 0 atom stereocenters. The number of aryl methyl sites for hydroxylation is 1. The van der Waals surface area contributed by atoms with Crippen LogP contribution in [0.5, 0.6) is 11.5 Å². The summed E-state index contributed by atoms with van der Waals surface area (Å²) >= 11 is 0. The normalized spacial score (nSPS) is 14.3. The van der Waals surface area contributed by atoms with Crippen LogP contribution in [0.15, 0.2) is 23.0 Å². The zero-order chi connectivity index (χ0) is 19.1. The second-order valence-corrected chi connectivity index (χ2v) is 6.74. The molecule has 1 amide bonds. The lowest BCUT2D eigenvalue weighted by molar-refractivity contribution is -0.130. The van der Waals surface area contributed by atoms with Crippen molar-refractivity contribution in [2.24, 2.45) is 0 Å². The predicted molar refractivity (Wildman–Crippen MR) is 101 cm³/mol. The van der Waals surface area contributed by atoms with Gasteiger partial charge in [-0.25, -0.2) is 4.52 Å². The third-order valence-electron chi connectivity index (χ3n) is 5.09. The largest absolute Gasteiger partial charge is 0.493 e. The zero-order valence-corrected chi connectivity index (χ0v) is 15.7. The van der Waals surface area contributed by atoms with Gasteiger partial charge in [-0.2, -0.15) is 4.98 Å². The number of benzene rings is 1. The molecule has 1 aromatic carbocycles. The molecule has 142 valence electrons. The van der Waals surface area contributed by atoms with Gasteiger partial charge in [0.2, 0.25) is 5.91 Å². The number of hydrogen-bond donors (Lipinski definition) is 0. The van der Waals surface area contributed by atoms with E-state index in [1.165, 1.54) is 6.07 Å². The maximum atomic E-state index is 12.8. The molecule has 1 saturated heterocycles. The first kappa shape index (κ1) is 17.4. The van der Waals surface area contributed by atoms with Gasteiger partial charge >= 0.3 is 0 Å². The van der Waals surface area contributed by atoms with E-state index in [0.29, 0.717) is 22.8 Å². The maximum absolute atomic E-state index is 12.8. The lowest BCUT2D eigenvalue weighted by Gasteiger charge is -2.17. The number of carbonyl (C=O) groups is 1. The molecule has 0 radical (unpaired) electrons. The highest BCUT2D eigenvalue weighted by molar-refractivity contribution is 5.96. The Morgan fingerprint density at radius 2 is 1.78 bits per heavy atom. The maximum Gasteiger partial charge on any atom is 0.273 e. The fourth-order valence-corrected chi connectivity index (χ4v) is 3.79. The molecule has 2 aromatic heterocycles. The van der Waals surface area contributed by atoms with Crippen LogP contribution in [0.25, 0.3) is 16.6 Å². The molecule has 0 saturated carbocycles. The molecule has 8 heteroatoms. The molecule has 3 aromatic rings. The van der Waals surface area contributed by atoms with Crippen molar-refractivity contribution in [3.63, 3.8) is 0 Å². The number of amides is 1. The van der Waals surface area contributed by atoms with Gasteiger partial charge in [0, 0.05) is 36.3 Å². The van der Waals surface area contributed by atoms with Gasteiger partial charge in [-0.15, -0.1) is 0 Å². The van der Waals surface area contributed by atoms with Crippen LogP contribution in [0.2, 0.25) is 0 Å². The van der Waals surface area contributed by atoms with Crippen LogP contribution in [0.1, 0.15) is 18.5 Å². The monoisotopic (exact) mass is 370 g/mol. The van der Waals surface area contributed by atoms with Gasteiger partial charge in [0.25, 0.3) is 5.56 Å². The summed E-state index contributed by atoms with van der Waals surface area (Å²) in [6.07, 6.45) is 2.08. The first-order valence-corrected chi connectivity index (χ1v) is 8.96.